The van der Waals surface area contributed by atoms with E-state index >= 15 is 0 Å². The molecule has 78 valence electrons. The highest BCUT2D eigenvalue weighted by molar-refractivity contribution is 5.13. The Balaban J connectivity index is 2.68. The predicted octanol–water partition coefficient (Wildman–Crippen LogP) is 2.87. The maximum atomic E-state index is 4.17. The highest BCUT2D eigenvalue weighted by atomic mass is 15.1. The Morgan fingerprint density at radius 2 is 2.21 bits per heavy atom. The lowest BCUT2D eigenvalue weighted by Crippen LogP contribution is -2.19. The van der Waals surface area contributed by atoms with Gasteiger partial charge in [0.25, 0.3) is 0 Å². The third kappa shape index (κ3) is 3.11. The molecule has 0 N–H and O–H groups in total. The van der Waals surface area contributed by atoms with Crippen molar-refractivity contribution in [1.29, 1.82) is 0 Å². The van der Waals surface area contributed by atoms with E-state index in [1.54, 1.807) is 0 Å². The first kappa shape index (κ1) is 11.2. The molecule has 0 aliphatic rings. The van der Waals surface area contributed by atoms with E-state index in [4.69, 9.17) is 0 Å². The van der Waals surface area contributed by atoms with E-state index in [1.807, 2.05) is 18.5 Å². The molecule has 0 radical (unpaired) electrons. The van der Waals surface area contributed by atoms with Crippen molar-refractivity contribution in [3.8, 4) is 0 Å². The first-order valence-corrected chi connectivity index (χ1v) is 5.32. The van der Waals surface area contributed by atoms with Gasteiger partial charge in [-0.3, -0.25) is 4.98 Å². The molecule has 0 aliphatic heterocycles. The van der Waals surface area contributed by atoms with E-state index in [9.17, 15) is 0 Å². The van der Waals surface area contributed by atoms with Crippen molar-refractivity contribution in [3.63, 3.8) is 0 Å². The van der Waals surface area contributed by atoms with E-state index in [-0.39, 0.29) is 0 Å². The van der Waals surface area contributed by atoms with Gasteiger partial charge < -0.3 is 4.90 Å². The molecule has 0 fully saturated rings. The van der Waals surface area contributed by atoms with Gasteiger partial charge in [0.2, 0.25) is 0 Å². The van der Waals surface area contributed by atoms with E-state index < -0.39 is 0 Å². The van der Waals surface area contributed by atoms with Crippen LogP contribution < -0.4 is 0 Å². The van der Waals surface area contributed by atoms with Crippen LogP contribution in [0.3, 0.4) is 0 Å². The molecule has 1 heterocycles. The molecule has 0 aliphatic carbocycles. The van der Waals surface area contributed by atoms with Crippen LogP contribution in [0, 0.1) is 0 Å². The lowest BCUT2D eigenvalue weighted by atomic mass is 10.0. The largest absolute Gasteiger partial charge is 0.302 e. The number of nitrogens with zero attached hydrogens (tertiary/aromatic N) is 2. The molecule has 0 saturated carbocycles. The molecule has 1 aromatic rings. The van der Waals surface area contributed by atoms with Crippen LogP contribution in [0.2, 0.25) is 0 Å². The second-order valence-corrected chi connectivity index (χ2v) is 3.91. The van der Waals surface area contributed by atoms with Crippen molar-refractivity contribution < 1.29 is 0 Å². The minimum atomic E-state index is 0.517. The number of rotatable bonds is 5. The fraction of sp³-hybridized carbons (Fsp3) is 0.583. The smallest absolute Gasteiger partial charge is 0.0357 e. The summed E-state index contributed by atoms with van der Waals surface area (Å²) < 4.78 is 0. The van der Waals surface area contributed by atoms with Crippen molar-refractivity contribution in [2.45, 2.75) is 32.2 Å². The van der Waals surface area contributed by atoms with Gasteiger partial charge in [0.15, 0.2) is 0 Å². The molecule has 2 nitrogen and oxygen atoms in total. The number of aromatic nitrogens is 1. The summed E-state index contributed by atoms with van der Waals surface area (Å²) in [7, 11) is 4.26. The summed E-state index contributed by atoms with van der Waals surface area (Å²) in [5, 5.41) is 0. The van der Waals surface area contributed by atoms with Crippen molar-refractivity contribution in [3.05, 3.63) is 30.1 Å². The maximum Gasteiger partial charge on any atom is 0.0357 e. The van der Waals surface area contributed by atoms with Gasteiger partial charge in [-0.15, -0.1) is 0 Å². The summed E-state index contributed by atoms with van der Waals surface area (Å²) in [5.74, 6) is 0. The van der Waals surface area contributed by atoms with Crippen LogP contribution in [-0.4, -0.2) is 24.0 Å². The van der Waals surface area contributed by atoms with E-state index in [0.29, 0.717) is 6.04 Å². The van der Waals surface area contributed by atoms with Crippen molar-refractivity contribution in [2.24, 2.45) is 0 Å². The molecular formula is C12H20N2. The highest BCUT2D eigenvalue weighted by Gasteiger charge is 2.12. The highest BCUT2D eigenvalue weighted by Crippen LogP contribution is 2.22. The average molecular weight is 192 g/mol. The Hall–Kier alpha value is -0.890. The molecular weight excluding hydrogens is 172 g/mol. The Morgan fingerprint density at radius 3 is 2.71 bits per heavy atom. The zero-order valence-electron chi connectivity index (χ0n) is 9.40. The first-order chi connectivity index (χ1) is 6.75. The summed E-state index contributed by atoms with van der Waals surface area (Å²) in [6.07, 6.45) is 7.55. The van der Waals surface area contributed by atoms with Gasteiger partial charge in [0.05, 0.1) is 0 Å². The fourth-order valence-corrected chi connectivity index (χ4v) is 1.69. The summed E-state index contributed by atoms with van der Waals surface area (Å²) in [6.45, 7) is 2.23. The van der Waals surface area contributed by atoms with Gasteiger partial charge in [0.1, 0.15) is 0 Å². The van der Waals surface area contributed by atoms with Gasteiger partial charge in [-0.25, -0.2) is 0 Å². The Bertz CT molecular complexity index is 244. The van der Waals surface area contributed by atoms with Crippen molar-refractivity contribution in [1.82, 2.24) is 9.88 Å². The molecule has 1 atom stereocenters. The molecule has 2 heteroatoms. The van der Waals surface area contributed by atoms with Gasteiger partial charge >= 0.3 is 0 Å². The van der Waals surface area contributed by atoms with Crippen LogP contribution in [0.4, 0.5) is 0 Å². The van der Waals surface area contributed by atoms with Gasteiger partial charge in [-0.2, -0.15) is 0 Å². The number of hydrogen-bond acceptors (Lipinski definition) is 2. The monoisotopic (exact) mass is 192 g/mol. The van der Waals surface area contributed by atoms with Crippen LogP contribution in [0.25, 0.3) is 0 Å². The van der Waals surface area contributed by atoms with Gasteiger partial charge in [-0.05, 0) is 32.1 Å². The molecule has 14 heavy (non-hydrogen) atoms. The number of unbranched alkanes of at least 4 members (excludes halogenated alkanes) is 1. The third-order valence-corrected chi connectivity index (χ3v) is 2.52. The standard InChI is InChI=1S/C12H20N2/c1-4-5-8-12(14(2)3)11-7-6-9-13-10-11/h6-7,9-10,12H,4-5,8H2,1-3H3. The quantitative estimate of drug-likeness (QED) is 0.713. The van der Waals surface area contributed by atoms with E-state index in [1.165, 1.54) is 24.8 Å². The lowest BCUT2D eigenvalue weighted by Gasteiger charge is -2.24. The molecule has 0 bridgehead atoms. The Kier molecular flexibility index (Phi) is 4.60. The van der Waals surface area contributed by atoms with E-state index in [2.05, 4.69) is 37.0 Å². The number of hydrogen-bond donors (Lipinski definition) is 0. The van der Waals surface area contributed by atoms with Crippen LogP contribution in [0.5, 0.6) is 0 Å². The SMILES string of the molecule is CCCCC(c1cccnc1)N(C)C. The zero-order valence-corrected chi connectivity index (χ0v) is 9.40. The van der Waals surface area contributed by atoms with Crippen molar-refractivity contribution >= 4 is 0 Å². The summed E-state index contributed by atoms with van der Waals surface area (Å²) in [6, 6.07) is 4.69. The molecule has 0 spiro atoms. The molecule has 1 rings (SSSR count). The topological polar surface area (TPSA) is 16.1 Å². The minimum Gasteiger partial charge on any atom is -0.302 e. The fourth-order valence-electron chi connectivity index (χ4n) is 1.69. The zero-order chi connectivity index (χ0) is 10.4. The molecule has 1 aromatic heterocycles. The molecule has 1 unspecified atom stereocenters. The maximum absolute atomic E-state index is 4.17. The third-order valence-electron chi connectivity index (χ3n) is 2.52. The van der Waals surface area contributed by atoms with E-state index in [0.717, 1.165) is 0 Å². The second-order valence-electron chi connectivity index (χ2n) is 3.91. The summed E-state index contributed by atoms with van der Waals surface area (Å²) in [5.41, 5.74) is 1.32. The first-order valence-electron chi connectivity index (χ1n) is 5.32. The summed E-state index contributed by atoms with van der Waals surface area (Å²) >= 11 is 0. The second kappa shape index (κ2) is 5.76. The minimum absolute atomic E-state index is 0.517. The predicted molar refractivity (Wildman–Crippen MR) is 60.2 cm³/mol. The summed E-state index contributed by atoms with van der Waals surface area (Å²) in [4.78, 5) is 6.44. The van der Waals surface area contributed by atoms with Crippen LogP contribution in [-0.2, 0) is 0 Å². The molecule has 0 aromatic carbocycles. The Morgan fingerprint density at radius 1 is 1.43 bits per heavy atom. The van der Waals surface area contributed by atoms with Crippen molar-refractivity contribution in [2.75, 3.05) is 14.1 Å². The normalized spacial score (nSPS) is 13.1. The van der Waals surface area contributed by atoms with Crippen LogP contribution in [0.15, 0.2) is 24.5 Å². The average Bonchev–Trinajstić information content (AvgIpc) is 2.19. The van der Waals surface area contributed by atoms with Gasteiger partial charge in [-0.1, -0.05) is 25.8 Å². The molecule has 0 amide bonds. The van der Waals surface area contributed by atoms with Crippen LogP contribution >= 0.6 is 0 Å². The lowest BCUT2D eigenvalue weighted by molar-refractivity contribution is 0.278. The molecule has 0 saturated heterocycles. The Labute approximate surface area is 87.0 Å². The van der Waals surface area contributed by atoms with Crippen LogP contribution in [0.1, 0.15) is 37.8 Å². The number of pyridine rings is 1. The van der Waals surface area contributed by atoms with Gasteiger partial charge in [0, 0.05) is 18.4 Å².